The van der Waals surface area contributed by atoms with Crippen LogP contribution in [0.1, 0.15) is 23.2 Å². The highest BCUT2D eigenvalue weighted by molar-refractivity contribution is 5.75. The van der Waals surface area contributed by atoms with Gasteiger partial charge < -0.3 is 14.5 Å². The van der Waals surface area contributed by atoms with Crippen LogP contribution in [0.4, 0.5) is 0 Å². The molecule has 0 aliphatic carbocycles. The average molecular weight is 321 g/mol. The number of aromatic nitrogens is 2. The molecule has 0 aliphatic rings. The zero-order valence-corrected chi connectivity index (χ0v) is 13.4. The second kappa shape index (κ2) is 6.66. The number of carbonyl (C=O) groups is 1. The molecule has 5 heteroatoms. The standard InChI is InChI=1S/C19H18N2O3/c1-13-6-2-3-7-14(13)12-21-17-9-5-4-8-15(17)20-16(19(21)24)10-11-18(22)23/h2-9H,10-12H2,1H3,(H,22,23)/p-1. The van der Waals surface area contributed by atoms with E-state index in [1.807, 2.05) is 55.5 Å². The number of carboxylic acids is 1. The lowest BCUT2D eigenvalue weighted by Crippen LogP contribution is -2.29. The molecule has 0 bridgehead atoms. The Morgan fingerprint density at radius 2 is 1.83 bits per heavy atom. The molecule has 0 atom stereocenters. The molecule has 0 spiro atoms. The van der Waals surface area contributed by atoms with Gasteiger partial charge in [0.25, 0.3) is 5.56 Å². The molecule has 0 radical (unpaired) electrons. The first-order valence-corrected chi connectivity index (χ1v) is 7.79. The summed E-state index contributed by atoms with van der Waals surface area (Å²) in [4.78, 5) is 27.9. The molecule has 0 unspecified atom stereocenters. The van der Waals surface area contributed by atoms with Crippen LogP contribution in [0.5, 0.6) is 0 Å². The maximum atomic E-state index is 12.8. The number of hydrogen-bond donors (Lipinski definition) is 0. The van der Waals surface area contributed by atoms with Gasteiger partial charge in [-0.25, -0.2) is 4.98 Å². The van der Waals surface area contributed by atoms with Gasteiger partial charge >= 0.3 is 0 Å². The molecular weight excluding hydrogens is 304 g/mol. The minimum Gasteiger partial charge on any atom is -0.550 e. The number of hydrogen-bond acceptors (Lipinski definition) is 4. The minimum absolute atomic E-state index is 0.0692. The third-order valence-corrected chi connectivity index (χ3v) is 4.08. The summed E-state index contributed by atoms with van der Waals surface area (Å²) in [6, 6.07) is 15.3. The van der Waals surface area contributed by atoms with Gasteiger partial charge in [0.1, 0.15) is 5.69 Å². The highest BCUT2D eigenvalue weighted by Gasteiger charge is 2.12. The molecule has 122 valence electrons. The summed E-state index contributed by atoms with van der Waals surface area (Å²) in [5.74, 6) is -1.19. The van der Waals surface area contributed by atoms with E-state index in [9.17, 15) is 14.7 Å². The van der Waals surface area contributed by atoms with E-state index >= 15 is 0 Å². The normalized spacial score (nSPS) is 10.9. The van der Waals surface area contributed by atoms with Crippen molar-refractivity contribution in [1.82, 2.24) is 9.55 Å². The second-order valence-corrected chi connectivity index (χ2v) is 5.74. The van der Waals surface area contributed by atoms with Crippen LogP contribution in [0.25, 0.3) is 11.0 Å². The summed E-state index contributed by atoms with van der Waals surface area (Å²) in [7, 11) is 0. The maximum absolute atomic E-state index is 12.8. The molecule has 0 saturated heterocycles. The van der Waals surface area contributed by atoms with E-state index in [1.54, 1.807) is 4.57 Å². The Labute approximate surface area is 139 Å². The van der Waals surface area contributed by atoms with Crippen molar-refractivity contribution in [2.75, 3.05) is 0 Å². The molecular formula is C19H17N2O3-. The lowest BCUT2D eigenvalue weighted by Gasteiger charge is -2.14. The van der Waals surface area contributed by atoms with Gasteiger partial charge in [0.2, 0.25) is 0 Å². The lowest BCUT2D eigenvalue weighted by atomic mass is 10.1. The molecule has 0 fully saturated rings. The largest absolute Gasteiger partial charge is 0.550 e. The van der Waals surface area contributed by atoms with Crippen LogP contribution in [-0.2, 0) is 17.8 Å². The highest BCUT2D eigenvalue weighted by atomic mass is 16.4. The maximum Gasteiger partial charge on any atom is 0.273 e. The van der Waals surface area contributed by atoms with Crippen LogP contribution in [0.15, 0.2) is 53.3 Å². The summed E-state index contributed by atoms with van der Waals surface area (Å²) < 4.78 is 1.66. The Kier molecular flexibility index (Phi) is 4.42. The van der Waals surface area contributed by atoms with Crippen LogP contribution in [0.2, 0.25) is 0 Å². The number of carboxylic acid groups (broad SMARTS) is 1. The molecule has 3 aromatic rings. The molecule has 24 heavy (non-hydrogen) atoms. The van der Waals surface area contributed by atoms with Crippen molar-refractivity contribution >= 4 is 17.0 Å². The number of para-hydroxylation sites is 2. The lowest BCUT2D eigenvalue weighted by molar-refractivity contribution is -0.305. The quantitative estimate of drug-likeness (QED) is 0.712. The predicted molar refractivity (Wildman–Crippen MR) is 89.6 cm³/mol. The van der Waals surface area contributed by atoms with Crippen molar-refractivity contribution in [3.63, 3.8) is 0 Å². The van der Waals surface area contributed by atoms with E-state index < -0.39 is 5.97 Å². The summed E-state index contributed by atoms with van der Waals surface area (Å²) in [5, 5.41) is 10.7. The Hall–Kier alpha value is -2.95. The Morgan fingerprint density at radius 1 is 1.12 bits per heavy atom. The van der Waals surface area contributed by atoms with Crippen molar-refractivity contribution in [1.29, 1.82) is 0 Å². The fourth-order valence-corrected chi connectivity index (χ4v) is 2.74. The fourth-order valence-electron chi connectivity index (χ4n) is 2.74. The molecule has 1 heterocycles. The van der Waals surface area contributed by atoms with Crippen LogP contribution in [0.3, 0.4) is 0 Å². The third kappa shape index (κ3) is 3.20. The number of aryl methyl sites for hydroxylation is 2. The summed E-state index contributed by atoms with van der Waals surface area (Å²) in [6.45, 7) is 2.42. The highest BCUT2D eigenvalue weighted by Crippen LogP contribution is 2.14. The molecule has 0 saturated carbocycles. The van der Waals surface area contributed by atoms with Crippen LogP contribution in [0, 0.1) is 6.92 Å². The van der Waals surface area contributed by atoms with Crippen LogP contribution in [-0.4, -0.2) is 15.5 Å². The van der Waals surface area contributed by atoms with Gasteiger partial charge in [0.05, 0.1) is 17.6 Å². The Balaban J connectivity index is 2.13. The van der Waals surface area contributed by atoms with Gasteiger partial charge in [-0.3, -0.25) is 4.79 Å². The summed E-state index contributed by atoms with van der Waals surface area (Å²) in [6.07, 6.45) is -0.148. The summed E-state index contributed by atoms with van der Waals surface area (Å²) >= 11 is 0. The number of rotatable bonds is 5. The molecule has 0 aliphatic heterocycles. The van der Waals surface area contributed by atoms with Crippen molar-refractivity contribution < 1.29 is 9.90 Å². The van der Waals surface area contributed by atoms with E-state index in [1.165, 1.54) is 0 Å². The third-order valence-electron chi connectivity index (χ3n) is 4.08. The van der Waals surface area contributed by atoms with E-state index in [0.29, 0.717) is 12.1 Å². The number of fused-ring (bicyclic) bond motifs is 1. The average Bonchev–Trinajstić information content (AvgIpc) is 2.57. The predicted octanol–water partition coefficient (Wildman–Crippen LogP) is 1.44. The van der Waals surface area contributed by atoms with Gasteiger partial charge in [-0.2, -0.15) is 0 Å². The van der Waals surface area contributed by atoms with Gasteiger partial charge in [-0.15, -0.1) is 0 Å². The zero-order chi connectivity index (χ0) is 17.1. The van der Waals surface area contributed by atoms with Gasteiger partial charge in [0, 0.05) is 12.4 Å². The van der Waals surface area contributed by atoms with Gasteiger partial charge in [0.15, 0.2) is 0 Å². The molecule has 0 amide bonds. The first kappa shape index (κ1) is 15.9. The van der Waals surface area contributed by atoms with Crippen LogP contribution < -0.4 is 10.7 Å². The first-order valence-electron chi connectivity index (χ1n) is 7.79. The monoisotopic (exact) mass is 321 g/mol. The number of carbonyl (C=O) groups excluding carboxylic acids is 1. The Bertz CT molecular complexity index is 960. The smallest absolute Gasteiger partial charge is 0.273 e. The summed E-state index contributed by atoms with van der Waals surface area (Å²) in [5.41, 5.74) is 3.56. The SMILES string of the molecule is Cc1ccccc1Cn1c(=O)c(CCC(=O)[O-])nc2ccccc21. The first-order chi connectivity index (χ1) is 11.6. The fraction of sp³-hybridized carbons (Fsp3) is 0.211. The minimum atomic E-state index is -1.19. The molecule has 1 aromatic heterocycles. The topological polar surface area (TPSA) is 75.0 Å². The van der Waals surface area contributed by atoms with Gasteiger partial charge in [-0.05, 0) is 36.6 Å². The van der Waals surface area contributed by atoms with Crippen molar-refractivity contribution in [2.45, 2.75) is 26.3 Å². The Morgan fingerprint density at radius 3 is 2.58 bits per heavy atom. The number of aliphatic carboxylic acids is 1. The van der Waals surface area contributed by atoms with Crippen LogP contribution >= 0.6 is 0 Å². The van der Waals surface area contributed by atoms with E-state index in [2.05, 4.69) is 4.98 Å². The van der Waals surface area contributed by atoms with E-state index in [-0.39, 0.29) is 24.1 Å². The van der Waals surface area contributed by atoms with Crippen molar-refractivity contribution in [2.24, 2.45) is 0 Å². The molecule has 3 rings (SSSR count). The molecule has 5 nitrogen and oxygen atoms in total. The molecule has 0 N–H and O–H groups in total. The second-order valence-electron chi connectivity index (χ2n) is 5.74. The van der Waals surface area contributed by atoms with Crippen molar-refractivity contribution in [3.05, 3.63) is 75.7 Å². The van der Waals surface area contributed by atoms with Crippen molar-refractivity contribution in [3.8, 4) is 0 Å². The molecule has 2 aromatic carbocycles. The zero-order valence-electron chi connectivity index (χ0n) is 13.4. The van der Waals surface area contributed by atoms with Gasteiger partial charge in [-0.1, -0.05) is 36.4 Å². The van der Waals surface area contributed by atoms with E-state index in [0.717, 1.165) is 16.6 Å². The number of nitrogens with zero attached hydrogens (tertiary/aromatic N) is 2. The van der Waals surface area contributed by atoms with E-state index in [4.69, 9.17) is 0 Å². The number of benzene rings is 2.